The summed E-state index contributed by atoms with van der Waals surface area (Å²) in [6, 6.07) is 1.52. The molecule has 0 spiro atoms. The first kappa shape index (κ1) is 10.0. The van der Waals surface area contributed by atoms with Gasteiger partial charge in [0.25, 0.3) is 0 Å². The number of rotatable bonds is 2. The molecule has 2 unspecified atom stereocenters. The number of nitrogens with zero attached hydrogens (tertiary/aromatic N) is 2. The van der Waals surface area contributed by atoms with E-state index in [-0.39, 0.29) is 0 Å². The third-order valence-corrected chi connectivity index (χ3v) is 3.61. The fourth-order valence-electron chi connectivity index (χ4n) is 2.77. The summed E-state index contributed by atoms with van der Waals surface area (Å²) in [4.78, 5) is 5.21. The van der Waals surface area contributed by atoms with E-state index in [4.69, 9.17) is 6.42 Å². The van der Waals surface area contributed by atoms with Crippen LogP contribution >= 0.6 is 0 Å². The van der Waals surface area contributed by atoms with Crippen molar-refractivity contribution in [3.63, 3.8) is 0 Å². The monoisotopic (exact) mass is 192 g/mol. The lowest BCUT2D eigenvalue weighted by atomic mass is 10.1. The lowest BCUT2D eigenvalue weighted by Crippen LogP contribution is -2.54. The molecule has 14 heavy (non-hydrogen) atoms. The maximum atomic E-state index is 5.31. The average molecular weight is 192 g/mol. The van der Waals surface area contributed by atoms with Crippen LogP contribution in [0.1, 0.15) is 26.2 Å². The second-order valence-electron chi connectivity index (χ2n) is 4.59. The Kier molecular flexibility index (Phi) is 3.10. The first-order valence-electron chi connectivity index (χ1n) is 5.73. The van der Waals surface area contributed by atoms with E-state index in [9.17, 15) is 0 Å². The zero-order valence-corrected chi connectivity index (χ0v) is 9.08. The molecule has 0 N–H and O–H groups in total. The van der Waals surface area contributed by atoms with Gasteiger partial charge in [-0.1, -0.05) is 0 Å². The molecule has 2 nitrogen and oxygen atoms in total. The Balaban J connectivity index is 1.90. The van der Waals surface area contributed by atoms with Gasteiger partial charge in [0.2, 0.25) is 0 Å². The van der Waals surface area contributed by atoms with Gasteiger partial charge in [-0.2, -0.15) is 0 Å². The summed E-state index contributed by atoms with van der Waals surface area (Å²) in [6.07, 6.45) is 8.99. The first-order chi connectivity index (χ1) is 6.81. The maximum Gasteiger partial charge on any atom is 0.0224 e. The highest BCUT2D eigenvalue weighted by Gasteiger charge is 2.33. The molecule has 78 valence electrons. The normalized spacial score (nSPS) is 34.0. The highest BCUT2D eigenvalue weighted by molar-refractivity contribution is 4.92. The fourth-order valence-corrected chi connectivity index (χ4v) is 2.77. The van der Waals surface area contributed by atoms with Gasteiger partial charge in [-0.25, -0.2) is 0 Å². The summed E-state index contributed by atoms with van der Waals surface area (Å²) in [7, 11) is 0. The summed E-state index contributed by atoms with van der Waals surface area (Å²) in [6.45, 7) is 7.21. The van der Waals surface area contributed by atoms with Crippen LogP contribution in [0.25, 0.3) is 0 Å². The Morgan fingerprint density at radius 3 is 3.07 bits per heavy atom. The highest BCUT2D eigenvalue weighted by atomic mass is 15.3. The van der Waals surface area contributed by atoms with E-state index in [0.29, 0.717) is 6.04 Å². The molecule has 2 aliphatic rings. The van der Waals surface area contributed by atoms with Gasteiger partial charge in [0.1, 0.15) is 0 Å². The number of fused-ring (bicyclic) bond motifs is 1. The van der Waals surface area contributed by atoms with Crippen molar-refractivity contribution in [1.29, 1.82) is 0 Å². The molecule has 0 bridgehead atoms. The van der Waals surface area contributed by atoms with Gasteiger partial charge in [0.15, 0.2) is 0 Å². The van der Waals surface area contributed by atoms with E-state index in [1.54, 1.807) is 0 Å². The lowest BCUT2D eigenvalue weighted by molar-refractivity contribution is 0.0613. The van der Waals surface area contributed by atoms with Crippen LogP contribution in [0.5, 0.6) is 0 Å². The second kappa shape index (κ2) is 4.33. The summed E-state index contributed by atoms with van der Waals surface area (Å²) >= 11 is 0. The molecule has 2 saturated heterocycles. The third-order valence-electron chi connectivity index (χ3n) is 3.61. The first-order valence-corrected chi connectivity index (χ1v) is 5.73. The van der Waals surface area contributed by atoms with E-state index >= 15 is 0 Å². The van der Waals surface area contributed by atoms with Gasteiger partial charge in [-0.3, -0.25) is 9.80 Å². The van der Waals surface area contributed by atoms with Crippen molar-refractivity contribution >= 4 is 0 Å². The Bertz CT molecular complexity index is 231. The number of hydrogen-bond acceptors (Lipinski definition) is 2. The van der Waals surface area contributed by atoms with E-state index in [0.717, 1.165) is 19.0 Å². The van der Waals surface area contributed by atoms with Crippen molar-refractivity contribution in [3.05, 3.63) is 0 Å². The summed E-state index contributed by atoms with van der Waals surface area (Å²) in [5, 5.41) is 0. The van der Waals surface area contributed by atoms with Crippen LogP contribution < -0.4 is 0 Å². The molecule has 2 heterocycles. The van der Waals surface area contributed by atoms with Crippen molar-refractivity contribution < 1.29 is 0 Å². The molecule has 0 aliphatic carbocycles. The van der Waals surface area contributed by atoms with Gasteiger partial charge in [0.05, 0.1) is 0 Å². The number of hydrogen-bond donors (Lipinski definition) is 0. The fraction of sp³-hybridized carbons (Fsp3) is 0.833. The van der Waals surface area contributed by atoms with Crippen LogP contribution in [0, 0.1) is 12.3 Å². The third kappa shape index (κ3) is 1.94. The van der Waals surface area contributed by atoms with Crippen LogP contribution in [-0.2, 0) is 0 Å². The van der Waals surface area contributed by atoms with Gasteiger partial charge in [0, 0.05) is 38.1 Å². The Labute approximate surface area is 87.3 Å². The molecule has 0 aromatic heterocycles. The minimum atomic E-state index is 0.692. The number of terminal acetylenes is 1. The van der Waals surface area contributed by atoms with Gasteiger partial charge >= 0.3 is 0 Å². The Morgan fingerprint density at radius 1 is 1.43 bits per heavy atom. The van der Waals surface area contributed by atoms with Crippen molar-refractivity contribution in [1.82, 2.24) is 9.80 Å². The molecule has 2 rings (SSSR count). The van der Waals surface area contributed by atoms with E-state index in [2.05, 4.69) is 22.6 Å². The summed E-state index contributed by atoms with van der Waals surface area (Å²) < 4.78 is 0. The minimum Gasteiger partial charge on any atom is -0.298 e. The largest absolute Gasteiger partial charge is 0.298 e. The summed E-state index contributed by atoms with van der Waals surface area (Å²) in [5.41, 5.74) is 0. The second-order valence-corrected chi connectivity index (χ2v) is 4.59. The zero-order valence-electron chi connectivity index (χ0n) is 9.08. The SMILES string of the molecule is C#CCCN1CC2CCCN2CC1C. The molecule has 0 radical (unpaired) electrons. The summed E-state index contributed by atoms with van der Waals surface area (Å²) in [5.74, 6) is 2.74. The molecule has 0 saturated carbocycles. The molecule has 0 aromatic carbocycles. The van der Waals surface area contributed by atoms with Gasteiger partial charge in [-0.05, 0) is 26.3 Å². The Morgan fingerprint density at radius 2 is 2.29 bits per heavy atom. The van der Waals surface area contributed by atoms with Crippen LogP contribution in [0.2, 0.25) is 0 Å². The number of piperazine rings is 1. The molecule has 0 aromatic rings. The quantitative estimate of drug-likeness (QED) is 0.606. The molecular formula is C12H20N2. The van der Waals surface area contributed by atoms with Crippen LogP contribution in [0.15, 0.2) is 0 Å². The predicted molar refractivity (Wildman–Crippen MR) is 59.1 cm³/mol. The molecule has 2 aliphatic heterocycles. The van der Waals surface area contributed by atoms with Crippen molar-refractivity contribution in [3.8, 4) is 12.3 Å². The molecule has 2 fully saturated rings. The van der Waals surface area contributed by atoms with Gasteiger partial charge < -0.3 is 0 Å². The topological polar surface area (TPSA) is 6.48 Å². The van der Waals surface area contributed by atoms with E-state index in [1.165, 1.54) is 32.5 Å². The van der Waals surface area contributed by atoms with Crippen molar-refractivity contribution in [2.75, 3.05) is 26.2 Å². The van der Waals surface area contributed by atoms with E-state index < -0.39 is 0 Å². The van der Waals surface area contributed by atoms with Crippen LogP contribution in [-0.4, -0.2) is 48.1 Å². The zero-order chi connectivity index (χ0) is 9.97. The molecular weight excluding hydrogens is 172 g/mol. The lowest BCUT2D eigenvalue weighted by Gasteiger charge is -2.42. The van der Waals surface area contributed by atoms with Crippen molar-refractivity contribution in [2.45, 2.75) is 38.3 Å². The van der Waals surface area contributed by atoms with E-state index in [1.807, 2.05) is 0 Å². The van der Waals surface area contributed by atoms with Crippen LogP contribution in [0.4, 0.5) is 0 Å². The van der Waals surface area contributed by atoms with Crippen molar-refractivity contribution in [2.24, 2.45) is 0 Å². The Hall–Kier alpha value is -0.520. The average Bonchev–Trinajstić information content (AvgIpc) is 2.61. The molecule has 2 atom stereocenters. The highest BCUT2D eigenvalue weighted by Crippen LogP contribution is 2.24. The van der Waals surface area contributed by atoms with Crippen LogP contribution in [0.3, 0.4) is 0 Å². The molecule has 2 heteroatoms. The molecule has 0 amide bonds. The standard InChI is InChI=1S/C12H20N2/c1-3-4-7-13-10-12-6-5-8-14(12)9-11(13)2/h1,11-12H,4-10H2,2H3. The predicted octanol–water partition coefficient (Wildman–Crippen LogP) is 1.18. The van der Waals surface area contributed by atoms with Gasteiger partial charge in [-0.15, -0.1) is 12.3 Å². The minimum absolute atomic E-state index is 0.692. The smallest absolute Gasteiger partial charge is 0.0224 e. The maximum absolute atomic E-state index is 5.31.